The van der Waals surface area contributed by atoms with Gasteiger partial charge in [-0.05, 0) is 37.5 Å². The average Bonchev–Trinajstić information content (AvgIpc) is 2.02. The van der Waals surface area contributed by atoms with Gasteiger partial charge < -0.3 is 10.0 Å². The second-order valence-corrected chi connectivity index (χ2v) is 2.63. The third kappa shape index (κ3) is 3.55. The number of benzene rings is 1. The van der Waals surface area contributed by atoms with E-state index in [0.717, 1.165) is 0 Å². The summed E-state index contributed by atoms with van der Waals surface area (Å²) in [4.78, 5) is 0. The molecule has 2 N–H and O–H groups in total. The first-order chi connectivity index (χ1) is 5.63. The fourth-order valence-electron chi connectivity index (χ4n) is 0.898. The molecule has 0 spiro atoms. The summed E-state index contributed by atoms with van der Waals surface area (Å²) in [5, 5.41) is 14.0. The van der Waals surface area contributed by atoms with Gasteiger partial charge in [0.25, 0.3) is 0 Å². The van der Waals surface area contributed by atoms with Crippen LogP contribution in [-0.2, 0) is 0 Å². The van der Waals surface area contributed by atoms with Gasteiger partial charge in [-0.2, -0.15) is 0 Å². The topological polar surface area (TPSA) is 40.5 Å². The standard InChI is InChI=1S/C9H12.BH2O2/c1-7-5-4-6-8(2)9(7)3;2-1-3/h4-6H,1-3H3;2-3H. The van der Waals surface area contributed by atoms with Crippen molar-refractivity contribution in [2.45, 2.75) is 20.8 Å². The Morgan fingerprint density at radius 1 is 1.00 bits per heavy atom. The second-order valence-electron chi connectivity index (χ2n) is 2.63. The van der Waals surface area contributed by atoms with Crippen LogP contribution in [0, 0.1) is 20.8 Å². The van der Waals surface area contributed by atoms with Gasteiger partial charge in [-0.15, -0.1) is 0 Å². The van der Waals surface area contributed by atoms with Crippen LogP contribution in [0.2, 0.25) is 0 Å². The highest BCUT2D eigenvalue weighted by atomic mass is 16.4. The van der Waals surface area contributed by atoms with E-state index in [1.165, 1.54) is 16.7 Å². The molecule has 0 aliphatic carbocycles. The van der Waals surface area contributed by atoms with E-state index in [1.807, 2.05) is 0 Å². The molecule has 0 bridgehead atoms. The molecule has 1 aromatic carbocycles. The number of hydrogen-bond acceptors (Lipinski definition) is 2. The van der Waals surface area contributed by atoms with Crippen molar-refractivity contribution in [1.82, 2.24) is 0 Å². The third-order valence-corrected chi connectivity index (χ3v) is 1.88. The van der Waals surface area contributed by atoms with Crippen LogP contribution >= 0.6 is 0 Å². The lowest BCUT2D eigenvalue weighted by molar-refractivity contribution is 0.448. The van der Waals surface area contributed by atoms with Crippen molar-refractivity contribution in [1.29, 1.82) is 0 Å². The Bertz CT molecular complexity index is 216. The maximum absolute atomic E-state index is 7.00. The molecular formula is C9H14BO2. The van der Waals surface area contributed by atoms with Gasteiger partial charge in [0.05, 0.1) is 0 Å². The highest BCUT2D eigenvalue weighted by molar-refractivity contribution is 6.13. The molecule has 0 atom stereocenters. The van der Waals surface area contributed by atoms with E-state index in [0.29, 0.717) is 0 Å². The first-order valence-electron chi connectivity index (χ1n) is 3.76. The first kappa shape index (κ1) is 11.2. The largest absolute Gasteiger partial charge is 0.482 e. The quantitative estimate of drug-likeness (QED) is 0.565. The van der Waals surface area contributed by atoms with Crippen LogP contribution in [0.5, 0.6) is 0 Å². The van der Waals surface area contributed by atoms with Crippen molar-refractivity contribution in [3.8, 4) is 0 Å². The molecule has 0 amide bonds. The van der Waals surface area contributed by atoms with Gasteiger partial charge in [0, 0.05) is 0 Å². The lowest BCUT2D eigenvalue weighted by Crippen LogP contribution is -1.82. The molecule has 0 aromatic heterocycles. The second kappa shape index (κ2) is 5.80. The molecule has 0 aliphatic rings. The molecule has 0 saturated carbocycles. The molecule has 1 rings (SSSR count). The fraction of sp³-hybridized carbons (Fsp3) is 0.333. The van der Waals surface area contributed by atoms with Gasteiger partial charge in [0.1, 0.15) is 0 Å². The molecule has 0 aliphatic heterocycles. The Kier molecular flexibility index (Phi) is 5.42. The van der Waals surface area contributed by atoms with Crippen LogP contribution in [-0.4, -0.2) is 17.7 Å². The van der Waals surface area contributed by atoms with E-state index in [4.69, 9.17) is 10.0 Å². The van der Waals surface area contributed by atoms with E-state index >= 15 is 0 Å². The lowest BCUT2D eigenvalue weighted by atomic mass is 10.1. The summed E-state index contributed by atoms with van der Waals surface area (Å²) < 4.78 is 0. The minimum Gasteiger partial charge on any atom is -0.429 e. The van der Waals surface area contributed by atoms with E-state index in [9.17, 15) is 0 Å². The molecule has 0 fully saturated rings. The Morgan fingerprint density at radius 3 is 1.58 bits per heavy atom. The van der Waals surface area contributed by atoms with Gasteiger partial charge in [-0.25, -0.2) is 0 Å². The van der Waals surface area contributed by atoms with Crippen molar-refractivity contribution in [2.24, 2.45) is 0 Å². The van der Waals surface area contributed by atoms with Crippen molar-refractivity contribution in [3.63, 3.8) is 0 Å². The van der Waals surface area contributed by atoms with Crippen molar-refractivity contribution >= 4 is 7.69 Å². The normalized spacial score (nSPS) is 8.42. The maximum Gasteiger partial charge on any atom is 0.482 e. The Balaban J connectivity index is 0.000000354. The summed E-state index contributed by atoms with van der Waals surface area (Å²) in [6.07, 6.45) is 0. The van der Waals surface area contributed by atoms with Gasteiger partial charge in [0.15, 0.2) is 0 Å². The van der Waals surface area contributed by atoms with E-state index < -0.39 is 0 Å². The van der Waals surface area contributed by atoms with Crippen LogP contribution in [0.4, 0.5) is 0 Å². The summed E-state index contributed by atoms with van der Waals surface area (Å²) in [6.45, 7) is 6.44. The highest BCUT2D eigenvalue weighted by Gasteiger charge is 1.91. The number of hydrogen-bond donors (Lipinski definition) is 2. The fourth-order valence-corrected chi connectivity index (χ4v) is 0.898. The molecule has 1 aromatic rings. The van der Waals surface area contributed by atoms with Crippen molar-refractivity contribution in [2.75, 3.05) is 0 Å². The van der Waals surface area contributed by atoms with E-state index in [1.54, 1.807) is 0 Å². The molecule has 1 radical (unpaired) electrons. The smallest absolute Gasteiger partial charge is 0.429 e. The Hall–Kier alpha value is -0.795. The van der Waals surface area contributed by atoms with Crippen LogP contribution in [0.25, 0.3) is 0 Å². The van der Waals surface area contributed by atoms with Gasteiger partial charge >= 0.3 is 7.69 Å². The Morgan fingerprint density at radius 2 is 1.33 bits per heavy atom. The molecule has 12 heavy (non-hydrogen) atoms. The van der Waals surface area contributed by atoms with Gasteiger partial charge in [0.2, 0.25) is 0 Å². The summed E-state index contributed by atoms with van der Waals surface area (Å²) >= 11 is 0. The molecule has 2 nitrogen and oxygen atoms in total. The van der Waals surface area contributed by atoms with Crippen molar-refractivity contribution < 1.29 is 10.0 Å². The molecule has 65 valence electrons. The average molecular weight is 165 g/mol. The molecule has 3 heteroatoms. The molecule has 0 unspecified atom stereocenters. The zero-order valence-electron chi connectivity index (χ0n) is 7.70. The third-order valence-electron chi connectivity index (χ3n) is 1.88. The first-order valence-corrected chi connectivity index (χ1v) is 3.76. The summed E-state index contributed by atoms with van der Waals surface area (Å²) in [7, 11) is 0. The minimum atomic E-state index is 0. The number of aryl methyl sites for hydroxylation is 2. The van der Waals surface area contributed by atoms with Gasteiger partial charge in [-0.1, -0.05) is 18.2 Å². The summed E-state index contributed by atoms with van der Waals surface area (Å²) in [6, 6.07) is 6.38. The van der Waals surface area contributed by atoms with Crippen LogP contribution in [0.1, 0.15) is 16.7 Å². The van der Waals surface area contributed by atoms with Crippen molar-refractivity contribution in [3.05, 3.63) is 34.9 Å². The van der Waals surface area contributed by atoms with E-state index in [2.05, 4.69) is 39.0 Å². The zero-order chi connectivity index (χ0) is 9.56. The predicted octanol–water partition coefficient (Wildman–Crippen LogP) is 1.12. The summed E-state index contributed by atoms with van der Waals surface area (Å²) in [5.41, 5.74) is 4.18. The highest BCUT2D eigenvalue weighted by Crippen LogP contribution is 2.09. The maximum atomic E-state index is 7.00. The molecular weight excluding hydrogens is 151 g/mol. The summed E-state index contributed by atoms with van der Waals surface area (Å²) in [5.74, 6) is 0. The monoisotopic (exact) mass is 165 g/mol. The minimum absolute atomic E-state index is 0. The SMILES string of the molecule is Cc1cccc(C)c1C.O[B]O. The lowest BCUT2D eigenvalue weighted by Gasteiger charge is -2.00. The zero-order valence-corrected chi connectivity index (χ0v) is 7.70. The van der Waals surface area contributed by atoms with Crippen LogP contribution < -0.4 is 0 Å². The number of rotatable bonds is 0. The van der Waals surface area contributed by atoms with Crippen LogP contribution in [0.3, 0.4) is 0 Å². The molecule has 0 heterocycles. The van der Waals surface area contributed by atoms with Gasteiger partial charge in [-0.3, -0.25) is 0 Å². The molecule has 0 saturated heterocycles. The van der Waals surface area contributed by atoms with Crippen LogP contribution in [0.15, 0.2) is 18.2 Å². The van der Waals surface area contributed by atoms with E-state index in [-0.39, 0.29) is 7.69 Å². The Labute approximate surface area is 74.2 Å². The predicted molar refractivity (Wildman–Crippen MR) is 50.8 cm³/mol.